The van der Waals surface area contributed by atoms with E-state index in [-0.39, 0.29) is 19.0 Å². The van der Waals surface area contributed by atoms with Crippen LogP contribution >= 0.6 is 0 Å². The van der Waals surface area contributed by atoms with Crippen molar-refractivity contribution in [2.75, 3.05) is 26.8 Å². The maximum atomic E-state index is 12.9. The molecule has 120 valence electrons. The number of aliphatic hydroxyl groups is 2. The largest absolute Gasteiger partial charge is 0.396 e. The molecule has 6 heteroatoms. The zero-order chi connectivity index (χ0) is 16.2. The predicted octanol–water partition coefficient (Wildman–Crippen LogP) is 1.43. The molecular formula is C16H22FN3O2. The molecule has 1 aromatic carbocycles. The lowest BCUT2D eigenvalue weighted by Gasteiger charge is -2.30. The van der Waals surface area contributed by atoms with Crippen molar-refractivity contribution in [3.8, 4) is 5.69 Å². The third-order valence-electron chi connectivity index (χ3n) is 3.59. The van der Waals surface area contributed by atoms with Crippen LogP contribution in [0.2, 0.25) is 0 Å². The minimum atomic E-state index is -0.526. The number of nitrogens with zero attached hydrogens (tertiary/aromatic N) is 3. The molecule has 0 amide bonds. The van der Waals surface area contributed by atoms with Gasteiger partial charge in [0.25, 0.3) is 0 Å². The molecule has 0 radical (unpaired) electrons. The maximum Gasteiger partial charge on any atom is 0.123 e. The summed E-state index contributed by atoms with van der Waals surface area (Å²) < 4.78 is 14.6. The van der Waals surface area contributed by atoms with Crippen molar-refractivity contribution < 1.29 is 14.6 Å². The third-order valence-corrected chi connectivity index (χ3v) is 3.59. The number of halogens is 1. The highest BCUT2D eigenvalue weighted by Gasteiger charge is 2.24. The molecule has 2 rings (SSSR count). The van der Waals surface area contributed by atoms with Crippen molar-refractivity contribution in [2.24, 2.45) is 5.41 Å². The van der Waals surface area contributed by atoms with Crippen LogP contribution in [0.5, 0.6) is 0 Å². The molecule has 0 spiro atoms. The Morgan fingerprint density at radius 2 is 1.86 bits per heavy atom. The highest BCUT2D eigenvalue weighted by atomic mass is 19.1. The Balaban J connectivity index is 2.01. The average Bonchev–Trinajstić information content (AvgIpc) is 2.96. The first-order valence-electron chi connectivity index (χ1n) is 7.15. The topological polar surface area (TPSA) is 61.5 Å². The van der Waals surface area contributed by atoms with Crippen LogP contribution in [0.15, 0.2) is 36.7 Å². The second kappa shape index (κ2) is 7.00. The normalized spacial score (nSPS) is 12.1. The number of rotatable bonds is 7. The van der Waals surface area contributed by atoms with Crippen LogP contribution in [-0.2, 0) is 6.54 Å². The SMILES string of the molecule is CN(Cc1cnn(-c2ccc(F)cc2)c1)CC(C)(CO)CO. The van der Waals surface area contributed by atoms with Crippen LogP contribution in [-0.4, -0.2) is 51.7 Å². The van der Waals surface area contributed by atoms with E-state index in [0.29, 0.717) is 13.1 Å². The summed E-state index contributed by atoms with van der Waals surface area (Å²) in [7, 11) is 1.93. The molecule has 0 aliphatic heterocycles. The van der Waals surface area contributed by atoms with E-state index in [1.165, 1.54) is 12.1 Å². The van der Waals surface area contributed by atoms with Gasteiger partial charge < -0.3 is 15.1 Å². The van der Waals surface area contributed by atoms with Gasteiger partial charge in [0, 0.05) is 30.3 Å². The lowest BCUT2D eigenvalue weighted by Crippen LogP contribution is -2.38. The second-order valence-electron chi connectivity index (χ2n) is 6.07. The summed E-state index contributed by atoms with van der Waals surface area (Å²) in [6, 6.07) is 6.14. The quantitative estimate of drug-likeness (QED) is 0.812. The van der Waals surface area contributed by atoms with Gasteiger partial charge in [-0.2, -0.15) is 5.10 Å². The van der Waals surface area contributed by atoms with Gasteiger partial charge in [-0.05, 0) is 31.3 Å². The third kappa shape index (κ3) is 4.13. The first-order valence-corrected chi connectivity index (χ1v) is 7.15. The van der Waals surface area contributed by atoms with Gasteiger partial charge in [-0.1, -0.05) is 6.92 Å². The molecule has 0 saturated heterocycles. The van der Waals surface area contributed by atoms with E-state index < -0.39 is 5.41 Å². The highest BCUT2D eigenvalue weighted by Crippen LogP contribution is 2.17. The molecular weight excluding hydrogens is 285 g/mol. The highest BCUT2D eigenvalue weighted by molar-refractivity contribution is 5.31. The number of benzene rings is 1. The van der Waals surface area contributed by atoms with Gasteiger partial charge in [-0.25, -0.2) is 9.07 Å². The monoisotopic (exact) mass is 307 g/mol. The van der Waals surface area contributed by atoms with Gasteiger partial charge in [0.1, 0.15) is 5.82 Å². The van der Waals surface area contributed by atoms with Crippen LogP contribution in [0.4, 0.5) is 4.39 Å². The van der Waals surface area contributed by atoms with Gasteiger partial charge in [0.2, 0.25) is 0 Å². The van der Waals surface area contributed by atoms with Gasteiger partial charge in [0.05, 0.1) is 25.1 Å². The van der Waals surface area contributed by atoms with E-state index in [4.69, 9.17) is 0 Å². The Bertz CT molecular complexity index is 594. The van der Waals surface area contributed by atoms with Crippen LogP contribution in [0, 0.1) is 11.2 Å². The number of aliphatic hydroxyl groups excluding tert-OH is 2. The Hall–Kier alpha value is -1.76. The van der Waals surface area contributed by atoms with Crippen molar-refractivity contribution in [1.82, 2.24) is 14.7 Å². The molecule has 0 unspecified atom stereocenters. The van der Waals surface area contributed by atoms with Crippen LogP contribution in [0.25, 0.3) is 5.69 Å². The fraction of sp³-hybridized carbons (Fsp3) is 0.438. The fourth-order valence-corrected chi connectivity index (χ4v) is 2.35. The first-order chi connectivity index (χ1) is 10.5. The summed E-state index contributed by atoms with van der Waals surface area (Å²) >= 11 is 0. The molecule has 0 saturated carbocycles. The molecule has 0 fully saturated rings. The van der Waals surface area contributed by atoms with Crippen LogP contribution in [0.1, 0.15) is 12.5 Å². The van der Waals surface area contributed by atoms with Crippen molar-refractivity contribution in [2.45, 2.75) is 13.5 Å². The summed E-state index contributed by atoms with van der Waals surface area (Å²) in [4.78, 5) is 2.03. The smallest absolute Gasteiger partial charge is 0.123 e. The Labute approximate surface area is 129 Å². The maximum absolute atomic E-state index is 12.9. The molecule has 2 N–H and O–H groups in total. The molecule has 0 atom stereocenters. The zero-order valence-corrected chi connectivity index (χ0v) is 12.9. The fourth-order valence-electron chi connectivity index (χ4n) is 2.35. The molecule has 0 aliphatic carbocycles. The minimum Gasteiger partial charge on any atom is -0.396 e. The predicted molar refractivity (Wildman–Crippen MR) is 82.1 cm³/mol. The number of aromatic nitrogens is 2. The summed E-state index contributed by atoms with van der Waals surface area (Å²) in [5.41, 5.74) is 1.28. The van der Waals surface area contributed by atoms with E-state index >= 15 is 0 Å². The standard InChI is InChI=1S/C16H22FN3O2/c1-16(11-21,12-22)10-19(2)8-13-7-18-20(9-13)15-5-3-14(17)4-6-15/h3-7,9,21-22H,8,10-12H2,1-2H3. The molecule has 5 nitrogen and oxygen atoms in total. The van der Waals surface area contributed by atoms with Gasteiger partial charge in [-0.15, -0.1) is 0 Å². The number of hydrogen-bond donors (Lipinski definition) is 2. The molecule has 22 heavy (non-hydrogen) atoms. The molecule has 0 aliphatic rings. The Morgan fingerprint density at radius 1 is 1.23 bits per heavy atom. The molecule has 2 aromatic rings. The van der Waals surface area contributed by atoms with Crippen molar-refractivity contribution in [3.05, 3.63) is 48.0 Å². The summed E-state index contributed by atoms with van der Waals surface area (Å²) in [5, 5.41) is 23.0. The van der Waals surface area contributed by atoms with Crippen LogP contribution in [0.3, 0.4) is 0 Å². The summed E-state index contributed by atoms with van der Waals surface area (Å²) in [5.74, 6) is -0.275. The van der Waals surface area contributed by atoms with Gasteiger partial charge in [0.15, 0.2) is 0 Å². The minimum absolute atomic E-state index is 0.0668. The molecule has 1 heterocycles. The Kier molecular flexibility index (Phi) is 5.28. The van der Waals surface area contributed by atoms with E-state index in [1.54, 1.807) is 23.0 Å². The van der Waals surface area contributed by atoms with Crippen LogP contribution < -0.4 is 0 Å². The average molecular weight is 307 g/mol. The summed E-state index contributed by atoms with van der Waals surface area (Å²) in [6.07, 6.45) is 3.65. The molecule has 0 bridgehead atoms. The van der Waals surface area contributed by atoms with E-state index in [0.717, 1.165) is 11.3 Å². The zero-order valence-electron chi connectivity index (χ0n) is 12.9. The first kappa shape index (κ1) is 16.6. The lowest BCUT2D eigenvalue weighted by atomic mass is 9.92. The lowest BCUT2D eigenvalue weighted by molar-refractivity contribution is 0.0402. The van der Waals surface area contributed by atoms with Crippen molar-refractivity contribution >= 4 is 0 Å². The number of hydrogen-bond acceptors (Lipinski definition) is 4. The van der Waals surface area contributed by atoms with E-state index in [1.807, 2.05) is 25.1 Å². The van der Waals surface area contributed by atoms with Crippen molar-refractivity contribution in [3.63, 3.8) is 0 Å². The van der Waals surface area contributed by atoms with E-state index in [9.17, 15) is 14.6 Å². The summed E-state index contributed by atoms with van der Waals surface area (Å²) in [6.45, 7) is 2.93. The van der Waals surface area contributed by atoms with Gasteiger partial charge in [-0.3, -0.25) is 0 Å². The second-order valence-corrected chi connectivity index (χ2v) is 6.07. The van der Waals surface area contributed by atoms with Crippen molar-refractivity contribution in [1.29, 1.82) is 0 Å². The molecule has 1 aromatic heterocycles. The van der Waals surface area contributed by atoms with Gasteiger partial charge >= 0.3 is 0 Å². The Morgan fingerprint density at radius 3 is 2.45 bits per heavy atom. The van der Waals surface area contributed by atoms with E-state index in [2.05, 4.69) is 5.10 Å².